The summed E-state index contributed by atoms with van der Waals surface area (Å²) < 4.78 is 11.6. The molecule has 1 aliphatic rings. The van der Waals surface area contributed by atoms with Crippen molar-refractivity contribution in [3.05, 3.63) is 17.8 Å². The zero-order valence-electron chi connectivity index (χ0n) is 9.97. The number of anilines is 1. The number of nitrogens with two attached hydrogens (primary N) is 1. The van der Waals surface area contributed by atoms with Gasteiger partial charge in [0.25, 0.3) is 0 Å². The molecule has 94 valence electrons. The molecule has 3 rings (SSSR count). The van der Waals surface area contributed by atoms with Gasteiger partial charge < -0.3 is 15.2 Å². The molecule has 0 saturated carbocycles. The van der Waals surface area contributed by atoms with Crippen LogP contribution in [0.1, 0.15) is 12.0 Å². The van der Waals surface area contributed by atoms with Crippen LogP contribution < -0.4 is 10.5 Å². The second kappa shape index (κ2) is 4.55. The van der Waals surface area contributed by atoms with E-state index in [1.807, 2.05) is 6.20 Å². The quantitative estimate of drug-likeness (QED) is 0.898. The molecule has 0 atom stereocenters. The molecular weight excluding hydrogens is 250 g/mol. The van der Waals surface area contributed by atoms with Crippen molar-refractivity contribution in [1.82, 2.24) is 9.97 Å². The lowest BCUT2D eigenvalue weighted by Gasteiger charge is -2.14. The Bertz CT molecular complexity index is 621. The van der Waals surface area contributed by atoms with Crippen molar-refractivity contribution >= 4 is 32.3 Å². The van der Waals surface area contributed by atoms with Crippen molar-refractivity contribution in [3.63, 3.8) is 0 Å². The molecule has 18 heavy (non-hydrogen) atoms. The van der Waals surface area contributed by atoms with Gasteiger partial charge in [0, 0.05) is 11.8 Å². The van der Waals surface area contributed by atoms with Gasteiger partial charge in [-0.1, -0.05) is 17.4 Å². The summed E-state index contributed by atoms with van der Waals surface area (Å²) in [6.45, 7) is 1.39. The van der Waals surface area contributed by atoms with Crippen molar-refractivity contribution in [3.8, 4) is 5.88 Å². The molecule has 0 unspecified atom stereocenters. The van der Waals surface area contributed by atoms with E-state index in [-0.39, 0.29) is 0 Å². The maximum atomic E-state index is 5.79. The van der Waals surface area contributed by atoms with Crippen LogP contribution in [0.2, 0.25) is 0 Å². The van der Waals surface area contributed by atoms with E-state index in [0.29, 0.717) is 17.6 Å². The van der Waals surface area contributed by atoms with Crippen LogP contribution >= 0.6 is 11.3 Å². The molecule has 3 heterocycles. The van der Waals surface area contributed by atoms with E-state index in [9.17, 15) is 0 Å². The predicted octanol–water partition coefficient (Wildman–Crippen LogP) is 2.09. The number of pyridine rings is 1. The summed E-state index contributed by atoms with van der Waals surface area (Å²) in [7, 11) is 1.59. The molecule has 5 nitrogen and oxygen atoms in total. The number of methoxy groups -OCH3 is 1. The zero-order valence-corrected chi connectivity index (χ0v) is 10.8. The van der Waals surface area contributed by atoms with Crippen molar-refractivity contribution in [1.29, 1.82) is 0 Å². The highest BCUT2D eigenvalue weighted by molar-refractivity contribution is 7.22. The lowest BCUT2D eigenvalue weighted by Crippen LogP contribution is -2.04. The van der Waals surface area contributed by atoms with Gasteiger partial charge in [-0.3, -0.25) is 0 Å². The zero-order chi connectivity index (χ0) is 12.5. The Labute approximate surface area is 108 Å². The van der Waals surface area contributed by atoms with Crippen LogP contribution in [0.15, 0.2) is 12.3 Å². The largest absolute Gasteiger partial charge is 0.479 e. The van der Waals surface area contributed by atoms with Gasteiger partial charge >= 0.3 is 0 Å². The second-order valence-corrected chi connectivity index (χ2v) is 5.00. The number of rotatable bonds is 2. The molecule has 0 amide bonds. The summed E-state index contributed by atoms with van der Waals surface area (Å²) in [5.74, 6) is 0.523. The van der Waals surface area contributed by atoms with E-state index in [0.717, 1.165) is 28.8 Å². The van der Waals surface area contributed by atoms with Gasteiger partial charge in [-0.2, -0.15) is 0 Å². The molecule has 6 heteroatoms. The Morgan fingerprint density at radius 2 is 2.39 bits per heavy atom. The highest BCUT2D eigenvalue weighted by atomic mass is 32.1. The molecular formula is C12H13N3O2S. The number of nitrogen functional groups attached to an aromatic ring is 1. The Kier molecular flexibility index (Phi) is 2.89. The summed E-state index contributed by atoms with van der Waals surface area (Å²) in [4.78, 5) is 8.59. The number of fused-ring (bicyclic) bond motifs is 1. The second-order valence-electron chi connectivity index (χ2n) is 3.97. The molecule has 0 radical (unpaired) electrons. The third-order valence-electron chi connectivity index (χ3n) is 2.90. The van der Waals surface area contributed by atoms with Crippen molar-refractivity contribution in [2.75, 3.05) is 26.1 Å². The summed E-state index contributed by atoms with van der Waals surface area (Å²) in [6.07, 6.45) is 4.80. The van der Waals surface area contributed by atoms with Crippen LogP contribution in [0.25, 0.3) is 15.8 Å². The smallest absolute Gasteiger partial charge is 0.241 e. The van der Waals surface area contributed by atoms with E-state index in [1.165, 1.54) is 16.9 Å². The Morgan fingerprint density at radius 3 is 3.11 bits per heavy atom. The lowest BCUT2D eigenvalue weighted by molar-refractivity contribution is 0.161. The summed E-state index contributed by atoms with van der Waals surface area (Å²) in [6, 6.07) is 0. The number of hydrogen-bond acceptors (Lipinski definition) is 6. The third-order valence-corrected chi connectivity index (χ3v) is 3.82. The first-order valence-corrected chi connectivity index (χ1v) is 6.47. The van der Waals surface area contributed by atoms with Gasteiger partial charge in [0.1, 0.15) is 5.52 Å². The third kappa shape index (κ3) is 1.83. The Balaban J connectivity index is 2.21. The van der Waals surface area contributed by atoms with E-state index < -0.39 is 0 Å². The van der Waals surface area contributed by atoms with Crippen LogP contribution in [0.3, 0.4) is 0 Å². The Hall–Kier alpha value is -1.66. The Morgan fingerprint density at radius 1 is 1.50 bits per heavy atom. The molecule has 1 aliphatic heterocycles. The van der Waals surface area contributed by atoms with Crippen molar-refractivity contribution in [2.45, 2.75) is 6.42 Å². The highest BCUT2D eigenvalue weighted by Gasteiger charge is 2.16. The fourth-order valence-corrected chi connectivity index (χ4v) is 2.93. The van der Waals surface area contributed by atoms with Crippen LogP contribution in [-0.4, -0.2) is 30.3 Å². The molecule has 0 aromatic carbocycles. The van der Waals surface area contributed by atoms with E-state index in [4.69, 9.17) is 15.2 Å². The molecule has 0 saturated heterocycles. The number of aromatic nitrogens is 2. The standard InChI is InChI=1S/C12H13N3O2S/c1-16-11-9-10(18-12(13)15-9)8(6-14-11)7-2-4-17-5-3-7/h2,6H,3-5H2,1H3,(H2,13,15). The highest BCUT2D eigenvalue weighted by Crippen LogP contribution is 2.36. The fraction of sp³-hybridized carbons (Fsp3) is 0.333. The molecule has 2 aromatic rings. The summed E-state index contributed by atoms with van der Waals surface area (Å²) >= 11 is 1.47. The van der Waals surface area contributed by atoms with Crippen LogP contribution in [0, 0.1) is 0 Å². The van der Waals surface area contributed by atoms with Crippen LogP contribution in [0.5, 0.6) is 5.88 Å². The first kappa shape index (κ1) is 11.4. The number of nitrogens with zero attached hydrogens (tertiary/aromatic N) is 2. The van der Waals surface area contributed by atoms with Gasteiger partial charge in [0.2, 0.25) is 5.88 Å². The van der Waals surface area contributed by atoms with E-state index in [2.05, 4.69) is 16.0 Å². The normalized spacial score (nSPS) is 15.7. The van der Waals surface area contributed by atoms with Gasteiger partial charge in [-0.25, -0.2) is 9.97 Å². The SMILES string of the molecule is COc1ncc(C2=CCOCC2)c2sc(N)nc12. The fourth-order valence-electron chi connectivity index (χ4n) is 2.06. The number of hydrogen-bond donors (Lipinski definition) is 1. The van der Waals surface area contributed by atoms with Gasteiger partial charge in [0.15, 0.2) is 5.13 Å². The minimum absolute atomic E-state index is 0.523. The van der Waals surface area contributed by atoms with Crippen LogP contribution in [-0.2, 0) is 4.74 Å². The molecule has 0 fully saturated rings. The van der Waals surface area contributed by atoms with Crippen molar-refractivity contribution < 1.29 is 9.47 Å². The van der Waals surface area contributed by atoms with Gasteiger partial charge in [-0.05, 0) is 12.0 Å². The first-order valence-electron chi connectivity index (χ1n) is 5.65. The average Bonchev–Trinajstić information content (AvgIpc) is 2.80. The number of thiazole rings is 1. The van der Waals surface area contributed by atoms with Gasteiger partial charge in [-0.15, -0.1) is 0 Å². The van der Waals surface area contributed by atoms with E-state index >= 15 is 0 Å². The topological polar surface area (TPSA) is 70.3 Å². The maximum absolute atomic E-state index is 5.79. The summed E-state index contributed by atoms with van der Waals surface area (Å²) in [5, 5.41) is 0.533. The minimum atomic E-state index is 0.523. The number of ether oxygens (including phenoxy) is 2. The molecule has 0 aliphatic carbocycles. The van der Waals surface area contributed by atoms with Gasteiger partial charge in [0.05, 0.1) is 25.0 Å². The lowest BCUT2D eigenvalue weighted by atomic mass is 10.0. The molecule has 2 N–H and O–H groups in total. The summed E-state index contributed by atoms with van der Waals surface area (Å²) in [5.41, 5.74) is 8.86. The maximum Gasteiger partial charge on any atom is 0.241 e. The van der Waals surface area contributed by atoms with E-state index in [1.54, 1.807) is 7.11 Å². The van der Waals surface area contributed by atoms with Crippen molar-refractivity contribution in [2.24, 2.45) is 0 Å². The minimum Gasteiger partial charge on any atom is -0.479 e. The monoisotopic (exact) mass is 263 g/mol. The molecule has 2 aromatic heterocycles. The van der Waals surface area contributed by atoms with Crippen LogP contribution in [0.4, 0.5) is 5.13 Å². The predicted molar refractivity (Wildman–Crippen MR) is 71.8 cm³/mol. The average molecular weight is 263 g/mol. The molecule has 0 bridgehead atoms. The first-order chi connectivity index (χ1) is 8.79. The molecule has 0 spiro atoms.